The lowest BCUT2D eigenvalue weighted by Gasteiger charge is -2.37. The summed E-state index contributed by atoms with van der Waals surface area (Å²) in [5.74, 6) is 4.14. The van der Waals surface area contributed by atoms with Crippen LogP contribution in [0.15, 0.2) is 24.3 Å². The van der Waals surface area contributed by atoms with Gasteiger partial charge >= 0.3 is 5.97 Å². The van der Waals surface area contributed by atoms with Crippen LogP contribution in [-0.2, 0) is 4.79 Å². The molecule has 0 bridgehead atoms. The summed E-state index contributed by atoms with van der Waals surface area (Å²) in [5, 5.41) is 0. The summed E-state index contributed by atoms with van der Waals surface area (Å²) in [4.78, 5) is 12.5. The minimum absolute atomic E-state index is 0.0525. The van der Waals surface area contributed by atoms with Gasteiger partial charge in [-0.15, -0.1) is 0 Å². The Kier molecular flexibility index (Phi) is 8.24. The smallest absolute Gasteiger partial charge is 0.314 e. The van der Waals surface area contributed by atoms with Crippen molar-refractivity contribution in [3.05, 3.63) is 24.3 Å². The number of carbonyl (C=O) groups excluding carboxylic acids is 1. The molecule has 156 valence electrons. The number of esters is 1. The van der Waals surface area contributed by atoms with Crippen molar-refractivity contribution in [3.8, 4) is 11.5 Å². The van der Waals surface area contributed by atoms with Crippen LogP contribution in [-0.4, -0.2) is 13.1 Å². The number of carbonyl (C=O) groups is 1. The molecule has 0 aromatic heterocycles. The van der Waals surface area contributed by atoms with Gasteiger partial charge in [-0.25, -0.2) is 0 Å². The third-order valence-electron chi connectivity index (χ3n) is 7.16. The van der Waals surface area contributed by atoms with Crippen LogP contribution in [0, 0.1) is 23.7 Å². The fraction of sp³-hybridized carbons (Fsp3) is 0.720. The molecular weight excluding hydrogens is 348 g/mol. The van der Waals surface area contributed by atoms with Gasteiger partial charge in [0.25, 0.3) is 0 Å². The molecule has 3 rings (SSSR count). The molecule has 0 radical (unpaired) electrons. The first kappa shape index (κ1) is 21.2. The van der Waals surface area contributed by atoms with Crippen LogP contribution in [0.2, 0.25) is 0 Å². The van der Waals surface area contributed by atoms with Gasteiger partial charge in [0.1, 0.15) is 11.5 Å². The quantitative estimate of drug-likeness (QED) is 0.280. The van der Waals surface area contributed by atoms with Gasteiger partial charge in [-0.05, 0) is 80.5 Å². The van der Waals surface area contributed by atoms with E-state index < -0.39 is 0 Å². The lowest BCUT2D eigenvalue weighted by Crippen LogP contribution is -2.30. The summed E-state index contributed by atoms with van der Waals surface area (Å²) in [6, 6.07) is 7.28. The molecule has 0 atom stereocenters. The molecule has 2 aliphatic carbocycles. The molecule has 3 heteroatoms. The Morgan fingerprint density at radius 3 is 2.00 bits per heavy atom. The Balaban J connectivity index is 1.37. The first-order chi connectivity index (χ1) is 13.7. The zero-order valence-corrected chi connectivity index (χ0v) is 17.8. The van der Waals surface area contributed by atoms with E-state index in [1.165, 1.54) is 64.2 Å². The molecule has 28 heavy (non-hydrogen) atoms. The van der Waals surface area contributed by atoms with Crippen molar-refractivity contribution in [2.75, 3.05) is 7.11 Å². The van der Waals surface area contributed by atoms with E-state index in [-0.39, 0.29) is 11.9 Å². The molecule has 0 unspecified atom stereocenters. The molecule has 0 amide bonds. The second-order valence-electron chi connectivity index (χ2n) is 8.98. The number of benzene rings is 1. The summed E-state index contributed by atoms with van der Waals surface area (Å²) in [7, 11) is 1.64. The molecule has 0 N–H and O–H groups in total. The maximum atomic E-state index is 12.5. The summed E-state index contributed by atoms with van der Waals surface area (Å²) in [6.45, 7) is 2.29. The van der Waals surface area contributed by atoms with E-state index in [1.54, 1.807) is 19.2 Å². The fourth-order valence-electron chi connectivity index (χ4n) is 5.30. The topological polar surface area (TPSA) is 35.5 Å². The molecule has 0 spiro atoms. The maximum absolute atomic E-state index is 12.5. The summed E-state index contributed by atoms with van der Waals surface area (Å²) >= 11 is 0. The van der Waals surface area contributed by atoms with Crippen LogP contribution in [0.25, 0.3) is 0 Å². The molecule has 0 saturated heterocycles. The van der Waals surface area contributed by atoms with Crippen LogP contribution in [0.5, 0.6) is 11.5 Å². The van der Waals surface area contributed by atoms with E-state index in [4.69, 9.17) is 9.47 Å². The number of methoxy groups -OCH3 is 1. The van der Waals surface area contributed by atoms with Crippen molar-refractivity contribution in [2.24, 2.45) is 23.7 Å². The second-order valence-corrected chi connectivity index (χ2v) is 8.98. The highest BCUT2D eigenvalue weighted by atomic mass is 16.5. The summed E-state index contributed by atoms with van der Waals surface area (Å²) < 4.78 is 10.8. The normalized spacial score (nSPS) is 27.9. The van der Waals surface area contributed by atoms with Gasteiger partial charge in [0, 0.05) is 0 Å². The molecule has 3 nitrogen and oxygen atoms in total. The van der Waals surface area contributed by atoms with E-state index in [0.717, 1.165) is 36.3 Å². The molecule has 0 heterocycles. The first-order valence-corrected chi connectivity index (χ1v) is 11.5. The highest BCUT2D eigenvalue weighted by Crippen LogP contribution is 2.42. The van der Waals surface area contributed by atoms with Crippen LogP contribution < -0.4 is 9.47 Å². The number of rotatable bonds is 8. The predicted molar refractivity (Wildman–Crippen MR) is 114 cm³/mol. The molecule has 1 aromatic rings. The van der Waals surface area contributed by atoms with Crippen LogP contribution in [0.1, 0.15) is 84.0 Å². The van der Waals surface area contributed by atoms with Gasteiger partial charge in [-0.2, -0.15) is 0 Å². The Hall–Kier alpha value is -1.51. The molecular formula is C25H38O3. The van der Waals surface area contributed by atoms with Crippen molar-refractivity contribution >= 4 is 5.97 Å². The van der Waals surface area contributed by atoms with Gasteiger partial charge in [-0.3, -0.25) is 4.79 Å². The standard InChI is InChI=1S/C25H38O3/c1-3-4-5-6-19-7-9-20(10-8-19)21-11-13-22(14-12-21)25(26)28-24-17-15-23(27-2)16-18-24/h15-22H,3-14H2,1-2H3. The first-order valence-electron chi connectivity index (χ1n) is 11.5. The van der Waals surface area contributed by atoms with Crippen molar-refractivity contribution in [3.63, 3.8) is 0 Å². The fourth-order valence-corrected chi connectivity index (χ4v) is 5.30. The second kappa shape index (κ2) is 10.9. The maximum Gasteiger partial charge on any atom is 0.314 e. The molecule has 2 aliphatic rings. The van der Waals surface area contributed by atoms with Gasteiger partial charge in [0.05, 0.1) is 13.0 Å². The van der Waals surface area contributed by atoms with Crippen LogP contribution >= 0.6 is 0 Å². The minimum Gasteiger partial charge on any atom is -0.497 e. The van der Waals surface area contributed by atoms with Crippen LogP contribution in [0.3, 0.4) is 0 Å². The van der Waals surface area contributed by atoms with Crippen molar-refractivity contribution in [1.82, 2.24) is 0 Å². The van der Waals surface area contributed by atoms with Crippen molar-refractivity contribution in [2.45, 2.75) is 84.0 Å². The van der Waals surface area contributed by atoms with Gasteiger partial charge in [0.2, 0.25) is 0 Å². The minimum atomic E-state index is -0.0525. The third kappa shape index (κ3) is 5.99. The number of ether oxygens (including phenoxy) is 2. The Labute approximate surface area is 171 Å². The van der Waals surface area contributed by atoms with E-state index in [0.29, 0.717) is 5.75 Å². The van der Waals surface area contributed by atoms with Crippen molar-refractivity contribution < 1.29 is 14.3 Å². The highest BCUT2D eigenvalue weighted by molar-refractivity contribution is 5.75. The molecule has 1 aromatic carbocycles. The van der Waals surface area contributed by atoms with E-state index in [1.807, 2.05) is 12.1 Å². The van der Waals surface area contributed by atoms with Crippen molar-refractivity contribution in [1.29, 1.82) is 0 Å². The summed E-state index contributed by atoms with van der Waals surface area (Å²) in [5.41, 5.74) is 0. The lowest BCUT2D eigenvalue weighted by atomic mass is 9.68. The number of hydrogen-bond acceptors (Lipinski definition) is 3. The average Bonchev–Trinajstić information content (AvgIpc) is 2.75. The summed E-state index contributed by atoms with van der Waals surface area (Å²) in [6.07, 6.45) is 15.7. The van der Waals surface area contributed by atoms with Crippen LogP contribution in [0.4, 0.5) is 0 Å². The van der Waals surface area contributed by atoms with Gasteiger partial charge in [0.15, 0.2) is 0 Å². The van der Waals surface area contributed by atoms with E-state index in [9.17, 15) is 4.79 Å². The Morgan fingerprint density at radius 2 is 1.43 bits per heavy atom. The monoisotopic (exact) mass is 386 g/mol. The zero-order valence-electron chi connectivity index (χ0n) is 17.8. The predicted octanol–water partition coefficient (Wildman–Crippen LogP) is 6.79. The Bertz CT molecular complexity index is 578. The number of unbranched alkanes of at least 4 members (excludes halogenated alkanes) is 2. The zero-order chi connectivity index (χ0) is 19.8. The van der Waals surface area contributed by atoms with Gasteiger partial charge < -0.3 is 9.47 Å². The van der Waals surface area contributed by atoms with E-state index in [2.05, 4.69) is 6.92 Å². The molecule has 2 fully saturated rings. The molecule has 0 aliphatic heterocycles. The Morgan fingerprint density at radius 1 is 0.857 bits per heavy atom. The van der Waals surface area contributed by atoms with E-state index >= 15 is 0 Å². The largest absolute Gasteiger partial charge is 0.497 e. The third-order valence-corrected chi connectivity index (χ3v) is 7.16. The molecule has 2 saturated carbocycles. The average molecular weight is 387 g/mol. The lowest BCUT2D eigenvalue weighted by molar-refractivity contribution is -0.140. The highest BCUT2D eigenvalue weighted by Gasteiger charge is 2.33. The number of hydrogen-bond donors (Lipinski definition) is 0. The SMILES string of the molecule is CCCCCC1CCC(C2CCC(C(=O)Oc3ccc(OC)cc3)CC2)CC1. The van der Waals surface area contributed by atoms with Gasteiger partial charge in [-0.1, -0.05) is 45.4 Å².